The van der Waals surface area contributed by atoms with E-state index in [1.807, 2.05) is 7.05 Å². The van der Waals surface area contributed by atoms with E-state index >= 15 is 0 Å². The van der Waals surface area contributed by atoms with Gasteiger partial charge in [-0.2, -0.15) is 0 Å². The summed E-state index contributed by atoms with van der Waals surface area (Å²) < 4.78 is 0. The third-order valence-electron chi connectivity index (χ3n) is 4.19. The minimum atomic E-state index is -0.344. The zero-order chi connectivity index (χ0) is 12.3. The fraction of sp³-hybridized carbons (Fsp3) is 0.923. The zero-order valence-corrected chi connectivity index (χ0v) is 10.7. The number of aliphatic hydroxyl groups is 1. The summed E-state index contributed by atoms with van der Waals surface area (Å²) >= 11 is 0. The molecule has 0 aromatic rings. The number of nitrogens with zero attached hydrogens (tertiary/aromatic N) is 1. The lowest BCUT2D eigenvalue weighted by Crippen LogP contribution is -2.51. The molecule has 2 fully saturated rings. The molecule has 0 saturated heterocycles. The van der Waals surface area contributed by atoms with Crippen molar-refractivity contribution < 1.29 is 9.90 Å². The quantitative estimate of drug-likeness (QED) is 0.774. The molecule has 0 aliphatic heterocycles. The first-order valence-corrected chi connectivity index (χ1v) is 6.90. The molecule has 0 heterocycles. The van der Waals surface area contributed by atoms with Crippen LogP contribution in [0.4, 0.5) is 4.79 Å². The van der Waals surface area contributed by atoms with Crippen molar-refractivity contribution in [3.63, 3.8) is 0 Å². The monoisotopic (exact) mass is 240 g/mol. The van der Waals surface area contributed by atoms with Crippen LogP contribution in [0, 0.1) is 0 Å². The van der Waals surface area contributed by atoms with E-state index in [1.54, 1.807) is 4.90 Å². The Morgan fingerprint density at radius 1 is 1.12 bits per heavy atom. The van der Waals surface area contributed by atoms with E-state index in [0.717, 1.165) is 38.5 Å². The van der Waals surface area contributed by atoms with Crippen LogP contribution in [0.15, 0.2) is 0 Å². The van der Waals surface area contributed by atoms with Gasteiger partial charge in [0, 0.05) is 13.1 Å². The van der Waals surface area contributed by atoms with Crippen molar-refractivity contribution in [1.82, 2.24) is 10.2 Å². The highest BCUT2D eigenvalue weighted by Gasteiger charge is 2.30. The van der Waals surface area contributed by atoms with Gasteiger partial charge >= 0.3 is 6.03 Å². The molecule has 98 valence electrons. The molecule has 2 aliphatic rings. The van der Waals surface area contributed by atoms with Gasteiger partial charge in [0.25, 0.3) is 0 Å². The molecule has 2 unspecified atom stereocenters. The predicted octanol–water partition coefficient (Wildman–Crippen LogP) is 1.87. The van der Waals surface area contributed by atoms with Gasteiger partial charge in [0.15, 0.2) is 0 Å². The second-order valence-corrected chi connectivity index (χ2v) is 5.46. The molecule has 2 aliphatic carbocycles. The Labute approximate surface area is 103 Å². The Kier molecular flexibility index (Phi) is 4.26. The van der Waals surface area contributed by atoms with Gasteiger partial charge in [0.1, 0.15) is 0 Å². The Hall–Kier alpha value is -0.770. The molecule has 0 aromatic carbocycles. The Balaban J connectivity index is 1.84. The number of carbonyl (C=O) groups is 1. The van der Waals surface area contributed by atoms with Crippen LogP contribution in [-0.2, 0) is 0 Å². The summed E-state index contributed by atoms with van der Waals surface area (Å²) in [6.07, 6.45) is 8.25. The molecule has 2 atom stereocenters. The molecule has 2 N–H and O–H groups in total. The molecule has 2 saturated carbocycles. The topological polar surface area (TPSA) is 52.6 Å². The van der Waals surface area contributed by atoms with E-state index in [9.17, 15) is 9.90 Å². The summed E-state index contributed by atoms with van der Waals surface area (Å²) in [4.78, 5) is 13.8. The first-order valence-electron chi connectivity index (χ1n) is 6.90. The highest BCUT2D eigenvalue weighted by Crippen LogP contribution is 2.23. The summed E-state index contributed by atoms with van der Waals surface area (Å²) in [6, 6.07) is 0.346. The second-order valence-electron chi connectivity index (χ2n) is 5.46. The summed E-state index contributed by atoms with van der Waals surface area (Å²) in [7, 11) is 1.81. The number of urea groups is 1. The zero-order valence-electron chi connectivity index (χ0n) is 10.7. The van der Waals surface area contributed by atoms with Crippen LogP contribution < -0.4 is 5.32 Å². The highest BCUT2D eigenvalue weighted by atomic mass is 16.3. The normalized spacial score (nSPS) is 30.2. The van der Waals surface area contributed by atoms with Crippen LogP contribution in [0.1, 0.15) is 51.4 Å². The molecule has 4 nitrogen and oxygen atoms in total. The maximum atomic E-state index is 12.0. The van der Waals surface area contributed by atoms with Crippen molar-refractivity contribution in [2.45, 2.75) is 69.6 Å². The Morgan fingerprint density at radius 2 is 1.71 bits per heavy atom. The van der Waals surface area contributed by atoms with Crippen LogP contribution in [-0.4, -0.2) is 41.3 Å². The number of hydrogen-bond acceptors (Lipinski definition) is 2. The second kappa shape index (κ2) is 5.71. The minimum Gasteiger partial charge on any atom is -0.391 e. The average molecular weight is 240 g/mol. The molecule has 2 amide bonds. The van der Waals surface area contributed by atoms with Gasteiger partial charge in [-0.1, -0.05) is 25.7 Å². The number of aliphatic hydroxyl groups excluding tert-OH is 1. The fourth-order valence-corrected chi connectivity index (χ4v) is 3.04. The van der Waals surface area contributed by atoms with E-state index < -0.39 is 0 Å². The third kappa shape index (κ3) is 3.12. The molecule has 0 spiro atoms. The van der Waals surface area contributed by atoms with Gasteiger partial charge in [-0.25, -0.2) is 4.79 Å². The van der Waals surface area contributed by atoms with Gasteiger partial charge < -0.3 is 15.3 Å². The average Bonchev–Trinajstić information content (AvgIpc) is 2.81. The molecule has 2 rings (SSSR count). The van der Waals surface area contributed by atoms with Gasteiger partial charge in [-0.3, -0.25) is 0 Å². The lowest BCUT2D eigenvalue weighted by atomic mass is 9.92. The van der Waals surface area contributed by atoms with E-state index in [-0.39, 0.29) is 18.2 Å². The Morgan fingerprint density at radius 3 is 2.35 bits per heavy atom. The molecular formula is C13H24N2O2. The van der Waals surface area contributed by atoms with Gasteiger partial charge in [-0.05, 0) is 25.7 Å². The standard InChI is InChI=1S/C13H24N2O2/c1-15(11-8-4-5-9-12(11)16)13(17)14-10-6-2-3-7-10/h10-12,16H,2-9H2,1H3,(H,14,17). The number of likely N-dealkylation sites (N-methyl/N-ethyl adjacent to an activating group) is 1. The molecule has 4 heteroatoms. The van der Waals surface area contributed by atoms with Crippen LogP contribution in [0.3, 0.4) is 0 Å². The fourth-order valence-electron chi connectivity index (χ4n) is 3.04. The predicted molar refractivity (Wildman–Crippen MR) is 66.8 cm³/mol. The van der Waals surface area contributed by atoms with Crippen LogP contribution in [0.2, 0.25) is 0 Å². The van der Waals surface area contributed by atoms with E-state index in [4.69, 9.17) is 0 Å². The summed E-state index contributed by atoms with van der Waals surface area (Å²) in [5.74, 6) is 0. The SMILES string of the molecule is CN(C(=O)NC1CCCC1)C1CCCCC1O. The van der Waals surface area contributed by atoms with E-state index in [0.29, 0.717) is 6.04 Å². The van der Waals surface area contributed by atoms with E-state index in [2.05, 4.69) is 5.32 Å². The lowest BCUT2D eigenvalue weighted by Gasteiger charge is -2.35. The number of amides is 2. The first-order chi connectivity index (χ1) is 8.18. The lowest BCUT2D eigenvalue weighted by molar-refractivity contribution is 0.0459. The van der Waals surface area contributed by atoms with Crippen LogP contribution >= 0.6 is 0 Å². The number of nitrogens with one attached hydrogen (secondary N) is 1. The highest BCUT2D eigenvalue weighted by molar-refractivity contribution is 5.74. The van der Waals surface area contributed by atoms with Crippen molar-refractivity contribution in [2.24, 2.45) is 0 Å². The summed E-state index contributed by atoms with van der Waals surface area (Å²) in [6.45, 7) is 0. The molecule has 17 heavy (non-hydrogen) atoms. The van der Waals surface area contributed by atoms with Crippen LogP contribution in [0.5, 0.6) is 0 Å². The number of rotatable bonds is 2. The Bertz CT molecular complexity index is 264. The van der Waals surface area contributed by atoms with Gasteiger partial charge in [0.2, 0.25) is 0 Å². The minimum absolute atomic E-state index is 0.00477. The summed E-state index contributed by atoms with van der Waals surface area (Å²) in [5.41, 5.74) is 0. The number of hydrogen-bond donors (Lipinski definition) is 2. The third-order valence-corrected chi connectivity index (χ3v) is 4.19. The molecule has 0 bridgehead atoms. The molecule has 0 radical (unpaired) electrons. The molecule has 0 aromatic heterocycles. The molecular weight excluding hydrogens is 216 g/mol. The van der Waals surface area contributed by atoms with Crippen molar-refractivity contribution in [2.75, 3.05) is 7.05 Å². The van der Waals surface area contributed by atoms with Crippen molar-refractivity contribution in [3.05, 3.63) is 0 Å². The first kappa shape index (κ1) is 12.7. The van der Waals surface area contributed by atoms with Gasteiger partial charge in [-0.15, -0.1) is 0 Å². The van der Waals surface area contributed by atoms with Crippen molar-refractivity contribution in [1.29, 1.82) is 0 Å². The maximum Gasteiger partial charge on any atom is 0.317 e. The van der Waals surface area contributed by atoms with Crippen LogP contribution in [0.25, 0.3) is 0 Å². The summed E-state index contributed by atoms with van der Waals surface area (Å²) in [5, 5.41) is 13.0. The van der Waals surface area contributed by atoms with Crippen molar-refractivity contribution in [3.8, 4) is 0 Å². The van der Waals surface area contributed by atoms with Crippen molar-refractivity contribution >= 4 is 6.03 Å². The van der Waals surface area contributed by atoms with Gasteiger partial charge in [0.05, 0.1) is 12.1 Å². The van der Waals surface area contributed by atoms with E-state index in [1.165, 1.54) is 12.8 Å². The smallest absolute Gasteiger partial charge is 0.317 e. The number of carbonyl (C=O) groups excluding carboxylic acids is 1. The maximum absolute atomic E-state index is 12.0. The largest absolute Gasteiger partial charge is 0.391 e.